The van der Waals surface area contributed by atoms with Gasteiger partial charge in [-0.2, -0.15) is 0 Å². The number of nitrogens with zero attached hydrogens (tertiary/aromatic N) is 4. The zero-order chi connectivity index (χ0) is 19.9. The van der Waals surface area contributed by atoms with Crippen LogP contribution in [-0.2, 0) is 18.3 Å². The lowest BCUT2D eigenvalue weighted by Crippen LogP contribution is -2.63. The zero-order valence-corrected chi connectivity index (χ0v) is 18.0. The van der Waals surface area contributed by atoms with E-state index in [9.17, 15) is 0 Å². The van der Waals surface area contributed by atoms with Gasteiger partial charge in [0.25, 0.3) is 0 Å². The van der Waals surface area contributed by atoms with Gasteiger partial charge in [-0.25, -0.2) is 4.99 Å². The van der Waals surface area contributed by atoms with Crippen LogP contribution in [0.2, 0.25) is 0 Å². The van der Waals surface area contributed by atoms with Gasteiger partial charge in [0.2, 0.25) is 0 Å². The van der Waals surface area contributed by atoms with Gasteiger partial charge < -0.3 is 19.9 Å². The Morgan fingerprint density at radius 1 is 1.26 bits per heavy atom. The van der Waals surface area contributed by atoms with Gasteiger partial charge in [-0.1, -0.05) is 40.5 Å². The Morgan fingerprint density at radius 2 is 2.00 bits per heavy atom. The van der Waals surface area contributed by atoms with Crippen molar-refractivity contribution in [2.24, 2.45) is 17.5 Å². The van der Waals surface area contributed by atoms with Crippen LogP contribution in [0.15, 0.2) is 4.99 Å². The summed E-state index contributed by atoms with van der Waals surface area (Å²) in [6, 6.07) is 0.359. The van der Waals surface area contributed by atoms with Crippen LogP contribution >= 0.6 is 0 Å². The van der Waals surface area contributed by atoms with Gasteiger partial charge in [-0.3, -0.25) is 0 Å². The summed E-state index contributed by atoms with van der Waals surface area (Å²) in [5, 5.41) is 15.4. The van der Waals surface area contributed by atoms with Crippen molar-refractivity contribution in [2.45, 2.75) is 85.4 Å². The number of guanidine groups is 1. The lowest BCUT2D eigenvalue weighted by molar-refractivity contribution is -0.113. The second kappa shape index (κ2) is 10.1. The molecule has 0 bridgehead atoms. The molecule has 1 aromatic heterocycles. The maximum atomic E-state index is 6.07. The van der Waals surface area contributed by atoms with E-state index in [2.05, 4.69) is 48.5 Å². The predicted octanol–water partition coefficient (Wildman–Crippen LogP) is 2.94. The van der Waals surface area contributed by atoms with E-state index >= 15 is 0 Å². The molecule has 2 unspecified atom stereocenters. The molecule has 0 aromatic carbocycles. The van der Waals surface area contributed by atoms with Crippen molar-refractivity contribution in [1.29, 1.82) is 0 Å². The summed E-state index contributed by atoms with van der Waals surface area (Å²) in [6.07, 6.45) is 5.93. The number of ether oxygens (including phenoxy) is 1. The van der Waals surface area contributed by atoms with Gasteiger partial charge in [0.1, 0.15) is 12.4 Å². The van der Waals surface area contributed by atoms with Crippen LogP contribution in [0.3, 0.4) is 0 Å². The highest BCUT2D eigenvalue weighted by atomic mass is 16.5. The minimum atomic E-state index is 0.0995. The number of unbranched alkanes of at least 4 members (excludes halogenated alkanes) is 2. The minimum Gasteiger partial charge on any atom is -0.378 e. The summed E-state index contributed by atoms with van der Waals surface area (Å²) in [6.45, 7) is 13.2. The van der Waals surface area contributed by atoms with E-state index in [0.29, 0.717) is 18.7 Å². The van der Waals surface area contributed by atoms with E-state index in [-0.39, 0.29) is 5.41 Å². The molecule has 7 nitrogen and oxygen atoms in total. The number of aromatic nitrogens is 3. The summed E-state index contributed by atoms with van der Waals surface area (Å²) in [4.78, 5) is 4.76. The van der Waals surface area contributed by atoms with E-state index in [1.165, 1.54) is 6.42 Å². The number of hydrogen-bond acceptors (Lipinski definition) is 4. The fourth-order valence-electron chi connectivity index (χ4n) is 3.22. The maximum Gasteiger partial charge on any atom is 0.191 e. The lowest BCUT2D eigenvalue weighted by Gasteiger charge is -2.52. The van der Waals surface area contributed by atoms with E-state index in [1.54, 1.807) is 0 Å². The first kappa shape index (κ1) is 21.7. The van der Waals surface area contributed by atoms with Gasteiger partial charge >= 0.3 is 0 Å². The molecule has 1 heterocycles. The van der Waals surface area contributed by atoms with Crippen molar-refractivity contribution >= 4 is 5.96 Å². The topological polar surface area (TPSA) is 76.4 Å². The first-order chi connectivity index (χ1) is 12.9. The smallest absolute Gasteiger partial charge is 0.191 e. The molecular weight excluding hydrogens is 340 g/mol. The largest absolute Gasteiger partial charge is 0.378 e. The molecule has 1 aromatic rings. The average molecular weight is 379 g/mol. The Bertz CT molecular complexity index is 610. The van der Waals surface area contributed by atoms with Crippen LogP contribution in [0.25, 0.3) is 0 Å². The highest BCUT2D eigenvalue weighted by Crippen LogP contribution is 2.42. The highest BCUT2D eigenvalue weighted by molar-refractivity contribution is 5.80. The maximum absolute atomic E-state index is 6.07. The Kier molecular flexibility index (Phi) is 8.07. The van der Waals surface area contributed by atoms with Gasteiger partial charge in [0, 0.05) is 31.7 Å². The van der Waals surface area contributed by atoms with Crippen molar-refractivity contribution in [1.82, 2.24) is 25.4 Å². The molecule has 0 saturated heterocycles. The first-order valence-corrected chi connectivity index (χ1v) is 10.4. The van der Waals surface area contributed by atoms with Crippen molar-refractivity contribution in [3.05, 3.63) is 11.6 Å². The van der Waals surface area contributed by atoms with Crippen molar-refractivity contribution in [3.8, 4) is 0 Å². The quantitative estimate of drug-likeness (QED) is 0.372. The van der Waals surface area contributed by atoms with Gasteiger partial charge in [0.05, 0.1) is 6.10 Å². The van der Waals surface area contributed by atoms with Gasteiger partial charge in [0.15, 0.2) is 11.8 Å². The highest BCUT2D eigenvalue weighted by Gasteiger charge is 2.49. The Hall–Kier alpha value is -1.63. The van der Waals surface area contributed by atoms with E-state index in [0.717, 1.165) is 56.4 Å². The molecule has 1 fully saturated rings. The third kappa shape index (κ3) is 5.67. The Labute approximate surface area is 164 Å². The number of rotatable bonds is 10. The first-order valence-electron chi connectivity index (χ1n) is 10.4. The standard InChI is InChI=1S/C20H38N6O/c1-7-9-11-21-19(22-14-18-25-24-15(3)26(18)6)23-16-13-17(20(16,4)5)27-12-10-8-2/h16-17H,7-14H2,1-6H3,(H2,21,22,23). The van der Waals surface area contributed by atoms with Crippen LogP contribution in [-0.4, -0.2) is 46.0 Å². The van der Waals surface area contributed by atoms with Crippen molar-refractivity contribution < 1.29 is 4.74 Å². The molecular formula is C20H38N6O. The molecule has 27 heavy (non-hydrogen) atoms. The molecule has 1 aliphatic carbocycles. The summed E-state index contributed by atoms with van der Waals surface area (Å²) in [5.74, 6) is 2.63. The normalized spacial score (nSPS) is 21.8. The fourth-order valence-corrected chi connectivity index (χ4v) is 3.22. The third-order valence-electron chi connectivity index (χ3n) is 5.69. The van der Waals surface area contributed by atoms with Gasteiger partial charge in [-0.05, 0) is 26.2 Å². The molecule has 7 heteroatoms. The van der Waals surface area contributed by atoms with Crippen LogP contribution < -0.4 is 10.6 Å². The third-order valence-corrected chi connectivity index (χ3v) is 5.69. The molecule has 2 rings (SSSR count). The summed E-state index contributed by atoms with van der Waals surface area (Å²) >= 11 is 0. The van der Waals surface area contributed by atoms with Crippen molar-refractivity contribution in [2.75, 3.05) is 13.2 Å². The zero-order valence-electron chi connectivity index (χ0n) is 18.0. The predicted molar refractivity (Wildman–Crippen MR) is 110 cm³/mol. The number of aliphatic imine (C=N–C) groups is 1. The summed E-state index contributed by atoms with van der Waals surface area (Å²) < 4.78 is 8.05. The van der Waals surface area contributed by atoms with E-state index in [1.807, 2.05) is 18.5 Å². The fraction of sp³-hybridized carbons (Fsp3) is 0.850. The van der Waals surface area contributed by atoms with Crippen LogP contribution in [0.5, 0.6) is 0 Å². The Morgan fingerprint density at radius 3 is 2.59 bits per heavy atom. The van der Waals surface area contributed by atoms with E-state index < -0.39 is 0 Å². The lowest BCUT2D eigenvalue weighted by atomic mass is 9.64. The van der Waals surface area contributed by atoms with Crippen LogP contribution in [0.1, 0.15) is 71.4 Å². The second-order valence-corrected chi connectivity index (χ2v) is 8.13. The molecule has 1 saturated carbocycles. The monoisotopic (exact) mass is 378 g/mol. The number of nitrogens with one attached hydrogen (secondary N) is 2. The molecule has 0 aliphatic heterocycles. The van der Waals surface area contributed by atoms with Crippen LogP contribution in [0, 0.1) is 12.3 Å². The van der Waals surface area contributed by atoms with Gasteiger partial charge in [-0.15, -0.1) is 10.2 Å². The SMILES string of the molecule is CCCCNC(=NCc1nnc(C)n1C)NC1CC(OCCCC)C1(C)C. The van der Waals surface area contributed by atoms with E-state index in [4.69, 9.17) is 9.73 Å². The molecule has 2 N–H and O–H groups in total. The molecule has 0 radical (unpaired) electrons. The molecule has 0 amide bonds. The minimum absolute atomic E-state index is 0.0995. The summed E-state index contributed by atoms with van der Waals surface area (Å²) in [7, 11) is 1.98. The van der Waals surface area contributed by atoms with Crippen molar-refractivity contribution in [3.63, 3.8) is 0 Å². The molecule has 0 spiro atoms. The Balaban J connectivity index is 1.96. The number of aryl methyl sites for hydroxylation is 1. The number of hydrogen-bond donors (Lipinski definition) is 2. The average Bonchev–Trinajstić information content (AvgIpc) is 2.96. The summed E-state index contributed by atoms with van der Waals surface area (Å²) in [5.41, 5.74) is 0.0995. The molecule has 1 aliphatic rings. The molecule has 154 valence electrons. The molecule has 2 atom stereocenters. The van der Waals surface area contributed by atoms with Crippen LogP contribution in [0.4, 0.5) is 0 Å². The second-order valence-electron chi connectivity index (χ2n) is 8.13.